The van der Waals surface area contributed by atoms with Gasteiger partial charge in [-0.1, -0.05) is 6.08 Å². The summed E-state index contributed by atoms with van der Waals surface area (Å²) < 4.78 is 54.3. The van der Waals surface area contributed by atoms with Crippen LogP contribution in [0.25, 0.3) is 0 Å². The second-order valence-electron chi connectivity index (χ2n) is 8.93. The molecule has 0 saturated carbocycles. The van der Waals surface area contributed by atoms with Gasteiger partial charge in [-0.05, 0) is 25.1 Å². The van der Waals surface area contributed by atoms with Gasteiger partial charge < -0.3 is 20.2 Å². The van der Waals surface area contributed by atoms with Crippen LogP contribution in [0.15, 0.2) is 30.9 Å². The van der Waals surface area contributed by atoms with Crippen LogP contribution in [0.4, 0.5) is 28.0 Å². The summed E-state index contributed by atoms with van der Waals surface area (Å²) in [5, 5.41) is 17.3. The zero-order valence-electron chi connectivity index (χ0n) is 19.1. The van der Waals surface area contributed by atoms with Crippen LogP contribution in [-0.4, -0.2) is 62.4 Å². The molecule has 0 bridgehead atoms. The molecule has 1 aromatic carbocycles. The fourth-order valence-electron chi connectivity index (χ4n) is 4.56. The van der Waals surface area contributed by atoms with Crippen molar-refractivity contribution in [1.82, 2.24) is 19.6 Å². The smallest absolute Gasteiger partial charge is 0.389 e. The monoisotopic (exact) mass is 495 g/mol. The molecule has 4 rings (SSSR count). The number of carbonyl (C=O) groups excluding carboxylic acids is 2. The third-order valence-corrected chi connectivity index (χ3v) is 6.46. The van der Waals surface area contributed by atoms with Crippen LogP contribution in [0.3, 0.4) is 0 Å². The van der Waals surface area contributed by atoms with Crippen molar-refractivity contribution in [2.24, 2.45) is 5.92 Å². The maximum Gasteiger partial charge on any atom is 0.419 e. The van der Waals surface area contributed by atoms with E-state index in [1.54, 1.807) is 18.7 Å². The van der Waals surface area contributed by atoms with E-state index in [1.807, 2.05) is 0 Å². The number of hydrogen-bond donors (Lipinski definition) is 2. The Morgan fingerprint density at radius 2 is 2.06 bits per heavy atom. The first kappa shape index (κ1) is 24.7. The molecule has 0 radical (unpaired) electrons. The van der Waals surface area contributed by atoms with Gasteiger partial charge in [0.05, 0.1) is 23.9 Å². The van der Waals surface area contributed by atoms with Crippen molar-refractivity contribution in [1.29, 1.82) is 0 Å². The van der Waals surface area contributed by atoms with Crippen LogP contribution in [0.2, 0.25) is 0 Å². The number of anilines is 1. The highest BCUT2D eigenvalue weighted by Gasteiger charge is 2.38. The molecule has 0 fully saturated rings. The third-order valence-electron chi connectivity index (χ3n) is 6.46. The minimum absolute atomic E-state index is 0.0131. The molecule has 1 aromatic heterocycles. The predicted molar refractivity (Wildman–Crippen MR) is 118 cm³/mol. The van der Waals surface area contributed by atoms with E-state index < -0.39 is 29.7 Å². The lowest BCUT2D eigenvalue weighted by Gasteiger charge is -2.33. The van der Waals surface area contributed by atoms with Crippen molar-refractivity contribution in [3.63, 3.8) is 0 Å². The normalized spacial score (nSPS) is 21.2. The Labute approximate surface area is 198 Å². The standard InChI is InChI=1S/C23H25F4N5O3/c1-4-19(33)13-9-30(3)21(34)20-15-11-31(12(2)7-18(15)29-32(20)10-13)22(35)28-14-5-6-17(24)16(8-14)23(25,26)27/h4-6,8,12-13,19,33H,1,7,9-11H2,2-3H3,(H,28,35)/t12-,13+,19-/m1/s1. The van der Waals surface area contributed by atoms with Gasteiger partial charge >= 0.3 is 12.2 Å². The highest BCUT2D eigenvalue weighted by molar-refractivity contribution is 5.95. The minimum atomic E-state index is -4.91. The summed E-state index contributed by atoms with van der Waals surface area (Å²) >= 11 is 0. The van der Waals surface area contributed by atoms with Crippen LogP contribution < -0.4 is 5.32 Å². The summed E-state index contributed by atoms with van der Waals surface area (Å²) in [6.45, 7) is 5.95. The first-order chi connectivity index (χ1) is 16.4. The summed E-state index contributed by atoms with van der Waals surface area (Å²) in [6.07, 6.45) is -4.01. The molecule has 35 heavy (non-hydrogen) atoms. The van der Waals surface area contributed by atoms with E-state index >= 15 is 0 Å². The maximum atomic E-state index is 13.6. The van der Waals surface area contributed by atoms with Crippen LogP contribution in [0.5, 0.6) is 0 Å². The fraction of sp³-hybridized carbons (Fsp3) is 0.435. The Morgan fingerprint density at radius 3 is 2.71 bits per heavy atom. The maximum absolute atomic E-state index is 13.6. The first-order valence-corrected chi connectivity index (χ1v) is 11.0. The number of rotatable bonds is 3. The average molecular weight is 495 g/mol. The van der Waals surface area contributed by atoms with Gasteiger partial charge in [0.15, 0.2) is 0 Å². The average Bonchev–Trinajstić information content (AvgIpc) is 3.07. The minimum Gasteiger partial charge on any atom is -0.389 e. The molecule has 12 heteroatoms. The molecular weight excluding hydrogens is 470 g/mol. The van der Waals surface area contributed by atoms with Gasteiger partial charge in [-0.25, -0.2) is 9.18 Å². The fourth-order valence-corrected chi connectivity index (χ4v) is 4.56. The number of hydrogen-bond acceptors (Lipinski definition) is 4. The molecule has 188 valence electrons. The molecule has 0 unspecified atom stereocenters. The van der Waals surface area contributed by atoms with Gasteiger partial charge in [-0.3, -0.25) is 9.48 Å². The van der Waals surface area contributed by atoms with Crippen molar-refractivity contribution < 1.29 is 32.3 Å². The number of aliphatic hydroxyl groups excluding tert-OH is 1. The molecule has 0 aliphatic carbocycles. The first-order valence-electron chi connectivity index (χ1n) is 11.0. The molecular formula is C23H25F4N5O3. The van der Waals surface area contributed by atoms with Gasteiger partial charge in [0.1, 0.15) is 11.5 Å². The van der Waals surface area contributed by atoms with E-state index in [0.717, 1.165) is 6.07 Å². The van der Waals surface area contributed by atoms with Gasteiger partial charge in [0.25, 0.3) is 5.91 Å². The van der Waals surface area contributed by atoms with Crippen molar-refractivity contribution in [3.05, 3.63) is 59.2 Å². The van der Waals surface area contributed by atoms with E-state index in [0.29, 0.717) is 35.5 Å². The van der Waals surface area contributed by atoms with E-state index in [2.05, 4.69) is 17.0 Å². The van der Waals surface area contributed by atoms with Crippen molar-refractivity contribution in [3.8, 4) is 0 Å². The number of nitrogens with one attached hydrogen (secondary N) is 1. The van der Waals surface area contributed by atoms with Crippen LogP contribution >= 0.6 is 0 Å². The molecule has 3 heterocycles. The number of alkyl halides is 3. The third kappa shape index (κ3) is 4.62. The number of urea groups is 1. The summed E-state index contributed by atoms with van der Waals surface area (Å²) in [5.41, 5.74) is -0.164. The van der Waals surface area contributed by atoms with Crippen molar-refractivity contribution >= 4 is 17.6 Å². The second kappa shape index (κ2) is 8.99. The zero-order chi connectivity index (χ0) is 25.7. The highest BCUT2D eigenvalue weighted by atomic mass is 19.4. The quantitative estimate of drug-likeness (QED) is 0.505. The van der Waals surface area contributed by atoms with E-state index in [-0.39, 0.29) is 43.2 Å². The van der Waals surface area contributed by atoms with Gasteiger partial charge in [0.2, 0.25) is 0 Å². The number of fused-ring (bicyclic) bond motifs is 3. The molecule has 2 aliphatic heterocycles. The van der Waals surface area contributed by atoms with Crippen LogP contribution in [-0.2, 0) is 25.7 Å². The van der Waals surface area contributed by atoms with Crippen LogP contribution in [0, 0.1) is 11.7 Å². The molecule has 2 N–H and O–H groups in total. The number of halogens is 4. The SMILES string of the molecule is C=C[C@@H](O)[C@H]1CN(C)C(=O)c2c3c(nn2C1)C[C@@H](C)N(C(=O)Nc1ccc(F)c(C(F)(F)F)c1)C3. The Hall–Kier alpha value is -3.41. The van der Waals surface area contributed by atoms with Gasteiger partial charge in [0, 0.05) is 49.8 Å². The number of nitrogens with zero attached hydrogens (tertiary/aromatic N) is 4. The number of benzene rings is 1. The number of carbonyl (C=O) groups is 2. The van der Waals surface area contributed by atoms with E-state index in [1.165, 1.54) is 15.9 Å². The molecule has 2 aliphatic rings. The summed E-state index contributed by atoms with van der Waals surface area (Å²) in [6, 6.07) is 1.20. The summed E-state index contributed by atoms with van der Waals surface area (Å²) in [5.74, 6) is -2.06. The lowest BCUT2D eigenvalue weighted by molar-refractivity contribution is -0.139. The van der Waals surface area contributed by atoms with Gasteiger partial charge in [-0.15, -0.1) is 6.58 Å². The number of aromatic nitrogens is 2. The lowest BCUT2D eigenvalue weighted by atomic mass is 9.99. The largest absolute Gasteiger partial charge is 0.419 e. The molecule has 3 atom stereocenters. The number of aliphatic hydroxyl groups is 1. The lowest BCUT2D eigenvalue weighted by Crippen LogP contribution is -2.45. The Balaban J connectivity index is 1.61. The Kier molecular flexibility index (Phi) is 6.34. The molecule has 8 nitrogen and oxygen atoms in total. The zero-order valence-corrected chi connectivity index (χ0v) is 19.1. The summed E-state index contributed by atoms with van der Waals surface area (Å²) in [7, 11) is 1.61. The van der Waals surface area contributed by atoms with Crippen molar-refractivity contribution in [2.45, 2.75) is 44.8 Å². The molecule has 0 spiro atoms. The van der Waals surface area contributed by atoms with Crippen molar-refractivity contribution in [2.75, 3.05) is 18.9 Å². The summed E-state index contributed by atoms with van der Waals surface area (Å²) in [4.78, 5) is 29.0. The Bertz CT molecular complexity index is 1180. The molecule has 3 amide bonds. The van der Waals surface area contributed by atoms with Gasteiger partial charge in [-0.2, -0.15) is 18.3 Å². The second-order valence-corrected chi connectivity index (χ2v) is 8.93. The number of amides is 3. The molecule has 0 saturated heterocycles. The van der Waals surface area contributed by atoms with E-state index in [4.69, 9.17) is 0 Å². The predicted octanol–water partition coefficient (Wildman–Crippen LogP) is 3.27. The molecule has 2 aromatic rings. The van der Waals surface area contributed by atoms with E-state index in [9.17, 15) is 32.3 Å². The topological polar surface area (TPSA) is 90.7 Å². The van der Waals surface area contributed by atoms with Crippen LogP contribution in [0.1, 0.15) is 34.2 Å². The highest BCUT2D eigenvalue weighted by Crippen LogP contribution is 2.34. The Morgan fingerprint density at radius 1 is 1.34 bits per heavy atom.